The number of fused-ring (bicyclic) bond motifs is 1. The van der Waals surface area contributed by atoms with Crippen LogP contribution in [0.1, 0.15) is 15.9 Å². The molecule has 0 aliphatic carbocycles. The summed E-state index contributed by atoms with van der Waals surface area (Å²) in [5.74, 6) is -0.0898. The van der Waals surface area contributed by atoms with Crippen LogP contribution in [0, 0.1) is 6.92 Å². The second-order valence-corrected chi connectivity index (χ2v) is 5.86. The molecule has 3 heteroatoms. The summed E-state index contributed by atoms with van der Waals surface area (Å²) in [6, 6.07) is 19.5. The standard InChI is InChI=1S/C18H14BrNO/c1-12-9-10-14(19)11-17(12)20-18(21)16-8-4-6-13-5-2-3-7-15(13)16/h2-11H,1H3,(H,20,21). The van der Waals surface area contributed by atoms with Crippen molar-refractivity contribution in [3.63, 3.8) is 0 Å². The molecule has 3 aromatic rings. The van der Waals surface area contributed by atoms with Crippen molar-refractivity contribution in [2.75, 3.05) is 5.32 Å². The Morgan fingerprint density at radius 1 is 1.00 bits per heavy atom. The highest BCUT2D eigenvalue weighted by atomic mass is 79.9. The maximum absolute atomic E-state index is 12.6. The van der Waals surface area contributed by atoms with E-state index in [0.717, 1.165) is 26.5 Å². The minimum atomic E-state index is -0.0898. The molecule has 0 radical (unpaired) electrons. The molecule has 3 rings (SSSR count). The Labute approximate surface area is 131 Å². The Kier molecular flexibility index (Phi) is 3.76. The van der Waals surface area contributed by atoms with Crippen LogP contribution in [-0.4, -0.2) is 5.91 Å². The van der Waals surface area contributed by atoms with Crippen LogP contribution in [-0.2, 0) is 0 Å². The van der Waals surface area contributed by atoms with Crippen LogP contribution in [0.15, 0.2) is 65.1 Å². The molecule has 0 saturated carbocycles. The molecule has 0 aromatic heterocycles. The van der Waals surface area contributed by atoms with Gasteiger partial charge in [0.25, 0.3) is 5.91 Å². The highest BCUT2D eigenvalue weighted by molar-refractivity contribution is 9.10. The number of hydrogen-bond donors (Lipinski definition) is 1. The summed E-state index contributed by atoms with van der Waals surface area (Å²) in [5.41, 5.74) is 2.54. The first-order valence-electron chi connectivity index (χ1n) is 6.70. The average molecular weight is 340 g/mol. The van der Waals surface area contributed by atoms with Crippen molar-refractivity contribution in [1.29, 1.82) is 0 Å². The van der Waals surface area contributed by atoms with E-state index in [2.05, 4.69) is 21.2 Å². The Morgan fingerprint density at radius 2 is 1.76 bits per heavy atom. The molecule has 0 spiro atoms. The molecule has 2 nitrogen and oxygen atoms in total. The monoisotopic (exact) mass is 339 g/mol. The lowest BCUT2D eigenvalue weighted by molar-refractivity contribution is 0.102. The van der Waals surface area contributed by atoms with E-state index in [1.807, 2.05) is 67.6 Å². The number of hydrogen-bond acceptors (Lipinski definition) is 1. The van der Waals surface area contributed by atoms with Crippen LogP contribution in [0.4, 0.5) is 5.69 Å². The van der Waals surface area contributed by atoms with E-state index in [4.69, 9.17) is 0 Å². The first-order valence-corrected chi connectivity index (χ1v) is 7.50. The third-order valence-electron chi connectivity index (χ3n) is 3.48. The zero-order valence-corrected chi connectivity index (χ0v) is 13.1. The van der Waals surface area contributed by atoms with E-state index < -0.39 is 0 Å². The normalized spacial score (nSPS) is 10.6. The molecule has 0 bridgehead atoms. The molecule has 1 amide bonds. The van der Waals surface area contributed by atoms with Gasteiger partial charge in [0.15, 0.2) is 0 Å². The minimum absolute atomic E-state index is 0.0898. The van der Waals surface area contributed by atoms with Crippen molar-refractivity contribution in [2.24, 2.45) is 0 Å². The van der Waals surface area contributed by atoms with Gasteiger partial charge in [0.05, 0.1) is 0 Å². The van der Waals surface area contributed by atoms with Gasteiger partial charge < -0.3 is 5.32 Å². The van der Waals surface area contributed by atoms with Crippen molar-refractivity contribution in [2.45, 2.75) is 6.92 Å². The number of halogens is 1. The third kappa shape index (κ3) is 2.83. The second kappa shape index (κ2) is 5.70. The molecule has 0 fully saturated rings. The molecule has 3 aromatic carbocycles. The second-order valence-electron chi connectivity index (χ2n) is 4.94. The summed E-state index contributed by atoms with van der Waals surface area (Å²) in [4.78, 5) is 12.6. The SMILES string of the molecule is Cc1ccc(Br)cc1NC(=O)c1cccc2ccccc12. The van der Waals surface area contributed by atoms with Crippen molar-refractivity contribution in [1.82, 2.24) is 0 Å². The lowest BCUT2D eigenvalue weighted by atomic mass is 10.0. The molecule has 0 saturated heterocycles. The van der Waals surface area contributed by atoms with Crippen molar-refractivity contribution in [3.8, 4) is 0 Å². The topological polar surface area (TPSA) is 29.1 Å². The number of carbonyl (C=O) groups excluding carboxylic acids is 1. The first kappa shape index (κ1) is 13.8. The molecule has 104 valence electrons. The van der Waals surface area contributed by atoms with Crippen molar-refractivity contribution >= 4 is 38.3 Å². The number of carbonyl (C=O) groups is 1. The van der Waals surface area contributed by atoms with E-state index in [1.165, 1.54) is 0 Å². The molecule has 0 aliphatic rings. The molecule has 0 unspecified atom stereocenters. The smallest absolute Gasteiger partial charge is 0.256 e. The fraction of sp³-hybridized carbons (Fsp3) is 0.0556. The number of aryl methyl sites for hydroxylation is 1. The molecule has 0 heterocycles. The fourth-order valence-electron chi connectivity index (χ4n) is 2.34. The molecule has 21 heavy (non-hydrogen) atoms. The summed E-state index contributed by atoms with van der Waals surface area (Å²) < 4.78 is 0.946. The fourth-order valence-corrected chi connectivity index (χ4v) is 2.70. The molecular formula is C18H14BrNO. The largest absolute Gasteiger partial charge is 0.322 e. The Bertz CT molecular complexity index is 821. The van der Waals surface area contributed by atoms with Gasteiger partial charge >= 0.3 is 0 Å². The van der Waals surface area contributed by atoms with E-state index >= 15 is 0 Å². The zero-order valence-electron chi connectivity index (χ0n) is 11.6. The summed E-state index contributed by atoms with van der Waals surface area (Å²) >= 11 is 3.43. The van der Waals surface area contributed by atoms with Crippen LogP contribution in [0.5, 0.6) is 0 Å². The quantitative estimate of drug-likeness (QED) is 0.686. The molecule has 1 N–H and O–H groups in total. The molecule has 0 atom stereocenters. The Hall–Kier alpha value is -2.13. The van der Waals surface area contributed by atoms with Gasteiger partial charge in [0.2, 0.25) is 0 Å². The van der Waals surface area contributed by atoms with E-state index in [-0.39, 0.29) is 5.91 Å². The van der Waals surface area contributed by atoms with Gasteiger partial charge in [-0.1, -0.05) is 58.4 Å². The minimum Gasteiger partial charge on any atom is -0.322 e. The van der Waals surface area contributed by atoms with Gasteiger partial charge in [0, 0.05) is 15.7 Å². The van der Waals surface area contributed by atoms with Crippen LogP contribution in [0.3, 0.4) is 0 Å². The maximum Gasteiger partial charge on any atom is 0.256 e. The van der Waals surface area contributed by atoms with E-state index in [9.17, 15) is 4.79 Å². The van der Waals surface area contributed by atoms with Crippen LogP contribution >= 0.6 is 15.9 Å². The van der Waals surface area contributed by atoms with Gasteiger partial charge in [0.1, 0.15) is 0 Å². The zero-order chi connectivity index (χ0) is 14.8. The number of anilines is 1. The van der Waals surface area contributed by atoms with Crippen molar-refractivity contribution < 1.29 is 4.79 Å². The van der Waals surface area contributed by atoms with E-state index in [1.54, 1.807) is 0 Å². The molecular weight excluding hydrogens is 326 g/mol. The maximum atomic E-state index is 12.6. The summed E-state index contributed by atoms with van der Waals surface area (Å²) in [6.45, 7) is 1.98. The van der Waals surface area contributed by atoms with Gasteiger partial charge in [-0.05, 0) is 41.5 Å². The summed E-state index contributed by atoms with van der Waals surface area (Å²) in [7, 11) is 0. The average Bonchev–Trinajstić information content (AvgIpc) is 2.50. The van der Waals surface area contributed by atoms with E-state index in [0.29, 0.717) is 5.56 Å². The van der Waals surface area contributed by atoms with Crippen LogP contribution in [0.2, 0.25) is 0 Å². The predicted molar refractivity (Wildman–Crippen MR) is 90.8 cm³/mol. The summed E-state index contributed by atoms with van der Waals surface area (Å²) in [5, 5.41) is 5.02. The summed E-state index contributed by atoms with van der Waals surface area (Å²) in [6.07, 6.45) is 0. The lowest BCUT2D eigenvalue weighted by Gasteiger charge is -2.10. The first-order chi connectivity index (χ1) is 10.1. The number of amides is 1. The predicted octanol–water partition coefficient (Wildman–Crippen LogP) is 5.16. The Balaban J connectivity index is 1.99. The van der Waals surface area contributed by atoms with Gasteiger partial charge in [-0.15, -0.1) is 0 Å². The number of rotatable bonds is 2. The highest BCUT2D eigenvalue weighted by Gasteiger charge is 2.11. The Morgan fingerprint density at radius 3 is 2.62 bits per heavy atom. The van der Waals surface area contributed by atoms with Gasteiger partial charge in [-0.25, -0.2) is 0 Å². The van der Waals surface area contributed by atoms with Gasteiger partial charge in [-0.3, -0.25) is 4.79 Å². The van der Waals surface area contributed by atoms with Crippen LogP contribution < -0.4 is 5.32 Å². The lowest BCUT2D eigenvalue weighted by Crippen LogP contribution is -2.13. The van der Waals surface area contributed by atoms with Gasteiger partial charge in [-0.2, -0.15) is 0 Å². The molecule has 0 aliphatic heterocycles. The third-order valence-corrected chi connectivity index (χ3v) is 3.98. The number of benzene rings is 3. The number of nitrogens with one attached hydrogen (secondary N) is 1. The van der Waals surface area contributed by atoms with Crippen molar-refractivity contribution in [3.05, 3.63) is 76.3 Å². The van der Waals surface area contributed by atoms with Crippen LogP contribution in [0.25, 0.3) is 10.8 Å². The highest BCUT2D eigenvalue weighted by Crippen LogP contribution is 2.23.